The van der Waals surface area contributed by atoms with E-state index >= 15 is 0 Å². The maximum absolute atomic E-state index is 11.8. The molecule has 0 aliphatic carbocycles. The van der Waals surface area contributed by atoms with Gasteiger partial charge in [0.2, 0.25) is 0 Å². The van der Waals surface area contributed by atoms with Gasteiger partial charge in [0.25, 0.3) is 5.91 Å². The Hall–Kier alpha value is -2.29. The number of carbonyl (C=O) groups is 2. The maximum Gasteiger partial charge on any atom is 0.325 e. The van der Waals surface area contributed by atoms with Crippen LogP contribution in [-0.2, 0) is 11.3 Å². The highest BCUT2D eigenvalue weighted by Crippen LogP contribution is 2.21. The van der Waals surface area contributed by atoms with E-state index in [2.05, 4.69) is 20.6 Å². The van der Waals surface area contributed by atoms with Crippen LogP contribution in [0.3, 0.4) is 0 Å². The van der Waals surface area contributed by atoms with Crippen LogP contribution < -0.4 is 5.32 Å². The third-order valence-electron chi connectivity index (χ3n) is 2.32. The van der Waals surface area contributed by atoms with E-state index in [-0.39, 0.29) is 12.2 Å². The van der Waals surface area contributed by atoms with E-state index < -0.39 is 11.9 Å². The van der Waals surface area contributed by atoms with Crippen LogP contribution in [0.4, 0.5) is 5.13 Å². The Morgan fingerprint density at radius 3 is 2.79 bits per heavy atom. The largest absolute Gasteiger partial charge is 0.480 e. The molecule has 2 rings (SSSR count). The molecule has 2 N–H and O–H groups in total. The van der Waals surface area contributed by atoms with Gasteiger partial charge >= 0.3 is 5.97 Å². The van der Waals surface area contributed by atoms with Gasteiger partial charge in [0, 0.05) is 4.88 Å². The number of carboxylic acid groups (broad SMARTS) is 1. The number of nitrogens with one attached hydrogen (secondary N) is 1. The van der Waals surface area contributed by atoms with E-state index in [1.54, 1.807) is 0 Å². The first-order chi connectivity index (χ1) is 8.95. The summed E-state index contributed by atoms with van der Waals surface area (Å²) in [6.07, 6.45) is 1.27. The van der Waals surface area contributed by atoms with Crippen molar-refractivity contribution in [1.29, 1.82) is 0 Å². The minimum absolute atomic E-state index is 0.0479. The molecule has 0 spiro atoms. The molecule has 100 valence electrons. The lowest BCUT2D eigenvalue weighted by Crippen LogP contribution is -2.12. The molecule has 8 nitrogen and oxygen atoms in total. The molecule has 0 aliphatic heterocycles. The molecule has 0 saturated carbocycles. The molecule has 2 heterocycles. The standard InChI is InChI=1S/C10H11N5O3S/c1-5-6(2)19-10(11-5)12-9(18)7-3-15(14-13-7)4-8(16)17/h3H,4H2,1-2H3,(H,16,17)(H,11,12,18). The molecule has 1 amide bonds. The Bertz CT molecular complexity index is 613. The third kappa shape index (κ3) is 3.13. The first-order valence-electron chi connectivity index (χ1n) is 5.33. The highest BCUT2D eigenvalue weighted by molar-refractivity contribution is 7.15. The molecule has 19 heavy (non-hydrogen) atoms. The van der Waals surface area contributed by atoms with Crippen LogP contribution in [0.25, 0.3) is 0 Å². The van der Waals surface area contributed by atoms with Crippen LogP contribution in [0.5, 0.6) is 0 Å². The van der Waals surface area contributed by atoms with Crippen molar-refractivity contribution in [2.24, 2.45) is 0 Å². The van der Waals surface area contributed by atoms with Gasteiger partial charge in [-0.05, 0) is 13.8 Å². The second kappa shape index (κ2) is 5.14. The molecular formula is C10H11N5O3S. The summed E-state index contributed by atoms with van der Waals surface area (Å²) in [5, 5.41) is 18.8. The predicted molar refractivity (Wildman–Crippen MR) is 67.2 cm³/mol. The van der Waals surface area contributed by atoms with Crippen molar-refractivity contribution in [3.05, 3.63) is 22.5 Å². The lowest BCUT2D eigenvalue weighted by Gasteiger charge is -1.96. The molecule has 0 unspecified atom stereocenters. The molecule has 0 aromatic carbocycles. The predicted octanol–water partition coefficient (Wildman–Crippen LogP) is 0.688. The minimum Gasteiger partial charge on any atom is -0.480 e. The second-order valence-corrected chi connectivity index (χ2v) is 5.01. The van der Waals surface area contributed by atoms with Crippen molar-refractivity contribution in [2.45, 2.75) is 20.4 Å². The molecule has 0 radical (unpaired) electrons. The van der Waals surface area contributed by atoms with Crippen molar-refractivity contribution in [1.82, 2.24) is 20.0 Å². The summed E-state index contributed by atoms with van der Waals surface area (Å²) in [6, 6.07) is 0. The summed E-state index contributed by atoms with van der Waals surface area (Å²) in [7, 11) is 0. The van der Waals surface area contributed by atoms with Gasteiger partial charge in [0.05, 0.1) is 11.9 Å². The van der Waals surface area contributed by atoms with E-state index in [1.807, 2.05) is 13.8 Å². The number of nitrogens with zero attached hydrogens (tertiary/aromatic N) is 4. The summed E-state index contributed by atoms with van der Waals surface area (Å²) < 4.78 is 1.08. The van der Waals surface area contributed by atoms with Gasteiger partial charge < -0.3 is 5.11 Å². The van der Waals surface area contributed by atoms with Gasteiger partial charge in [-0.3, -0.25) is 14.9 Å². The van der Waals surface area contributed by atoms with Crippen LogP contribution in [0.15, 0.2) is 6.20 Å². The molecule has 0 bridgehead atoms. The normalized spacial score (nSPS) is 10.4. The smallest absolute Gasteiger partial charge is 0.325 e. The SMILES string of the molecule is Cc1nc(NC(=O)c2cn(CC(=O)O)nn2)sc1C. The van der Waals surface area contributed by atoms with E-state index in [0.717, 1.165) is 15.3 Å². The Kier molecular flexibility index (Phi) is 3.56. The first-order valence-corrected chi connectivity index (χ1v) is 6.14. The fourth-order valence-corrected chi connectivity index (χ4v) is 2.12. The van der Waals surface area contributed by atoms with E-state index in [9.17, 15) is 9.59 Å². The zero-order valence-corrected chi connectivity index (χ0v) is 11.1. The number of hydrogen-bond donors (Lipinski definition) is 2. The summed E-state index contributed by atoms with van der Waals surface area (Å²) in [6.45, 7) is 3.42. The van der Waals surface area contributed by atoms with Gasteiger partial charge in [-0.1, -0.05) is 5.21 Å². The van der Waals surface area contributed by atoms with Crippen molar-refractivity contribution in [2.75, 3.05) is 5.32 Å². The average Bonchev–Trinajstić information content (AvgIpc) is 2.86. The summed E-state index contributed by atoms with van der Waals surface area (Å²) in [5.41, 5.74) is 0.904. The highest BCUT2D eigenvalue weighted by Gasteiger charge is 2.14. The zero-order valence-electron chi connectivity index (χ0n) is 10.2. The molecule has 2 aromatic heterocycles. The summed E-state index contributed by atoms with van der Waals surface area (Å²) in [4.78, 5) is 27.5. The number of thiazole rings is 1. The Balaban J connectivity index is 2.07. The van der Waals surface area contributed by atoms with Gasteiger partial charge in [-0.25, -0.2) is 9.67 Å². The molecule has 9 heteroatoms. The zero-order chi connectivity index (χ0) is 14.0. The van der Waals surface area contributed by atoms with Gasteiger partial charge in [0.1, 0.15) is 6.54 Å². The van der Waals surface area contributed by atoms with Crippen LogP contribution in [0, 0.1) is 13.8 Å². The fourth-order valence-electron chi connectivity index (χ4n) is 1.31. The Morgan fingerprint density at radius 2 is 2.21 bits per heavy atom. The summed E-state index contributed by atoms with van der Waals surface area (Å²) >= 11 is 1.36. The summed E-state index contributed by atoms with van der Waals surface area (Å²) in [5.74, 6) is -1.52. The number of aromatic nitrogens is 4. The lowest BCUT2D eigenvalue weighted by molar-refractivity contribution is -0.137. The number of carbonyl (C=O) groups excluding carboxylic acids is 1. The topological polar surface area (TPSA) is 110 Å². The number of amides is 1. The quantitative estimate of drug-likeness (QED) is 0.853. The number of carboxylic acids is 1. The van der Waals surface area contributed by atoms with Crippen LogP contribution >= 0.6 is 11.3 Å². The molecule has 2 aromatic rings. The molecule has 0 saturated heterocycles. The minimum atomic E-state index is -1.05. The van der Waals surface area contributed by atoms with E-state index in [1.165, 1.54) is 17.5 Å². The fraction of sp³-hybridized carbons (Fsp3) is 0.300. The first kappa shape index (κ1) is 13.1. The van der Waals surface area contributed by atoms with Crippen molar-refractivity contribution < 1.29 is 14.7 Å². The Morgan fingerprint density at radius 1 is 1.47 bits per heavy atom. The van der Waals surface area contributed by atoms with Gasteiger partial charge in [-0.15, -0.1) is 16.4 Å². The van der Waals surface area contributed by atoms with E-state index in [4.69, 9.17) is 5.11 Å². The number of aliphatic carboxylic acids is 1. The number of hydrogen-bond acceptors (Lipinski definition) is 6. The maximum atomic E-state index is 11.8. The van der Waals surface area contributed by atoms with Crippen molar-refractivity contribution in [3.63, 3.8) is 0 Å². The average molecular weight is 281 g/mol. The molecule has 0 aliphatic rings. The number of aryl methyl sites for hydroxylation is 2. The number of rotatable bonds is 4. The molecular weight excluding hydrogens is 270 g/mol. The molecule has 0 atom stereocenters. The van der Waals surface area contributed by atoms with Crippen LogP contribution in [-0.4, -0.2) is 37.0 Å². The van der Waals surface area contributed by atoms with E-state index in [0.29, 0.717) is 5.13 Å². The third-order valence-corrected chi connectivity index (χ3v) is 3.31. The molecule has 0 fully saturated rings. The van der Waals surface area contributed by atoms with Gasteiger partial charge in [-0.2, -0.15) is 0 Å². The monoisotopic (exact) mass is 281 g/mol. The van der Waals surface area contributed by atoms with Gasteiger partial charge in [0.15, 0.2) is 10.8 Å². The Labute approximate surface area is 112 Å². The highest BCUT2D eigenvalue weighted by atomic mass is 32.1. The van der Waals surface area contributed by atoms with Crippen molar-refractivity contribution in [3.8, 4) is 0 Å². The lowest BCUT2D eigenvalue weighted by atomic mass is 10.4. The van der Waals surface area contributed by atoms with Crippen LogP contribution in [0.1, 0.15) is 21.1 Å². The number of anilines is 1. The second-order valence-electron chi connectivity index (χ2n) is 3.81. The van der Waals surface area contributed by atoms with Crippen molar-refractivity contribution >= 4 is 28.3 Å². The van der Waals surface area contributed by atoms with Crippen LogP contribution in [0.2, 0.25) is 0 Å².